The van der Waals surface area contributed by atoms with Gasteiger partial charge in [0.2, 0.25) is 0 Å². The zero-order chi connectivity index (χ0) is 7.61. The van der Waals surface area contributed by atoms with Crippen molar-refractivity contribution in [2.24, 2.45) is 0 Å². The molecule has 0 saturated carbocycles. The lowest BCUT2D eigenvalue weighted by Crippen LogP contribution is -2.24. The molecule has 0 aliphatic carbocycles. The van der Waals surface area contributed by atoms with Gasteiger partial charge in [-0.15, -0.1) is 0 Å². The van der Waals surface area contributed by atoms with E-state index in [1.54, 1.807) is 0 Å². The largest absolute Gasteiger partial charge is 0.369 e. The molecule has 0 N–H and O–H groups in total. The maximum absolute atomic E-state index is 5.54. The van der Waals surface area contributed by atoms with Crippen LogP contribution in [-0.2, 0) is 9.26 Å². The first kappa shape index (κ1) is 8.32. The maximum atomic E-state index is 5.54. The molecule has 1 fully saturated rings. The molecule has 1 aliphatic rings. The molecule has 0 aromatic heterocycles. The second kappa shape index (κ2) is 3.08. The van der Waals surface area contributed by atoms with Crippen molar-refractivity contribution >= 4 is 13.4 Å². The van der Waals surface area contributed by atoms with Gasteiger partial charge in [-0.3, -0.25) is 0 Å². The molecule has 1 saturated heterocycles. The average Bonchev–Trinajstić information content (AvgIpc) is 1.88. The van der Waals surface area contributed by atoms with Crippen molar-refractivity contribution in [1.29, 1.82) is 0 Å². The molecule has 1 heterocycles. The van der Waals surface area contributed by atoms with Crippen molar-refractivity contribution in [2.75, 3.05) is 19.6 Å². The van der Waals surface area contributed by atoms with Crippen molar-refractivity contribution in [3.63, 3.8) is 0 Å². The van der Waals surface area contributed by atoms with Gasteiger partial charge in [-0.1, -0.05) is 13.2 Å². The smallest absolute Gasteiger partial charge is 0.0884 e. The van der Waals surface area contributed by atoms with Gasteiger partial charge in [0, 0.05) is 7.11 Å². The van der Waals surface area contributed by atoms with E-state index in [1.807, 2.05) is 0 Å². The van der Waals surface area contributed by atoms with Gasteiger partial charge in [-0.05, 0) is 13.1 Å². The van der Waals surface area contributed by atoms with E-state index >= 15 is 0 Å². The number of hydrogen-bond donors (Lipinski definition) is 0. The highest BCUT2D eigenvalue weighted by molar-refractivity contribution is 7.68. The SMILES string of the molecule is C=P1(C)COC(CC)CO1. The van der Waals surface area contributed by atoms with Crippen LogP contribution in [-0.4, -0.2) is 32.0 Å². The molecule has 2 unspecified atom stereocenters. The fourth-order valence-corrected chi connectivity index (χ4v) is 1.97. The minimum absolute atomic E-state index is 0.315. The van der Waals surface area contributed by atoms with Crippen LogP contribution in [0.2, 0.25) is 0 Å². The van der Waals surface area contributed by atoms with Crippen LogP contribution in [0.4, 0.5) is 0 Å². The van der Waals surface area contributed by atoms with Gasteiger partial charge < -0.3 is 9.26 Å². The van der Waals surface area contributed by atoms with Crippen molar-refractivity contribution in [3.05, 3.63) is 0 Å². The Morgan fingerprint density at radius 3 is 2.80 bits per heavy atom. The molecule has 60 valence electrons. The van der Waals surface area contributed by atoms with Gasteiger partial charge >= 0.3 is 0 Å². The third kappa shape index (κ3) is 2.12. The molecule has 1 rings (SSSR count). The normalized spacial score (nSPS) is 41.6. The molecule has 2 atom stereocenters. The van der Waals surface area contributed by atoms with E-state index in [0.29, 0.717) is 6.10 Å². The summed E-state index contributed by atoms with van der Waals surface area (Å²) in [5.41, 5.74) is 0. The second-order valence-corrected chi connectivity index (χ2v) is 6.03. The lowest BCUT2D eigenvalue weighted by molar-refractivity contribution is 0.0200. The van der Waals surface area contributed by atoms with E-state index in [-0.39, 0.29) is 0 Å². The summed E-state index contributed by atoms with van der Waals surface area (Å²) in [5, 5.41) is 0. The molecular formula is C7H15O2P. The van der Waals surface area contributed by atoms with Gasteiger partial charge in [-0.2, -0.15) is 0 Å². The zero-order valence-electron chi connectivity index (χ0n) is 6.67. The Kier molecular flexibility index (Phi) is 2.56. The molecule has 10 heavy (non-hydrogen) atoms. The third-order valence-corrected chi connectivity index (χ3v) is 3.08. The first-order valence-electron chi connectivity index (χ1n) is 3.60. The summed E-state index contributed by atoms with van der Waals surface area (Å²) in [7, 11) is -1.36. The summed E-state index contributed by atoms with van der Waals surface area (Å²) in [6.07, 6.45) is 6.05. The van der Waals surface area contributed by atoms with Crippen molar-refractivity contribution in [1.82, 2.24) is 0 Å². The lowest BCUT2D eigenvalue weighted by atomic mass is 10.3. The summed E-state index contributed by atoms with van der Waals surface area (Å²) < 4.78 is 11.0. The molecule has 2 nitrogen and oxygen atoms in total. The standard InChI is InChI=1S/C7H15O2P/c1-4-7-5-9-10(2,3)6-8-7/h7H,2,4-6H2,1,3H3. The fourth-order valence-electron chi connectivity index (χ4n) is 0.847. The molecule has 0 amide bonds. The van der Waals surface area contributed by atoms with Gasteiger partial charge in [0.25, 0.3) is 0 Å². The van der Waals surface area contributed by atoms with Crippen molar-refractivity contribution in [3.8, 4) is 0 Å². The highest BCUT2D eigenvalue weighted by Gasteiger charge is 2.20. The molecule has 0 spiro atoms. The van der Waals surface area contributed by atoms with E-state index in [1.165, 1.54) is 0 Å². The van der Waals surface area contributed by atoms with Gasteiger partial charge in [0.15, 0.2) is 0 Å². The van der Waals surface area contributed by atoms with Crippen LogP contribution in [0.5, 0.6) is 0 Å². The molecular weight excluding hydrogens is 147 g/mol. The van der Waals surface area contributed by atoms with Gasteiger partial charge in [-0.25, -0.2) is 0 Å². The first-order valence-corrected chi connectivity index (χ1v) is 6.12. The Morgan fingerprint density at radius 2 is 2.40 bits per heavy atom. The van der Waals surface area contributed by atoms with E-state index in [9.17, 15) is 0 Å². The molecule has 0 aromatic rings. The monoisotopic (exact) mass is 162 g/mol. The topological polar surface area (TPSA) is 18.5 Å². The van der Waals surface area contributed by atoms with Crippen LogP contribution in [0, 0.1) is 0 Å². The van der Waals surface area contributed by atoms with E-state index < -0.39 is 7.11 Å². The van der Waals surface area contributed by atoms with Crippen LogP contribution in [0.1, 0.15) is 13.3 Å². The highest BCUT2D eigenvalue weighted by atomic mass is 31.2. The number of hydrogen-bond acceptors (Lipinski definition) is 2. The summed E-state index contributed by atoms with van der Waals surface area (Å²) in [6, 6.07) is 0. The predicted octanol–water partition coefficient (Wildman–Crippen LogP) is 1.76. The Balaban J connectivity index is 2.38. The van der Waals surface area contributed by atoms with Gasteiger partial charge in [0.05, 0.1) is 19.1 Å². The number of rotatable bonds is 1. The fraction of sp³-hybridized carbons (Fsp3) is 0.857. The lowest BCUT2D eigenvalue weighted by Gasteiger charge is -2.30. The predicted molar refractivity (Wildman–Crippen MR) is 45.9 cm³/mol. The van der Waals surface area contributed by atoms with Crippen LogP contribution in [0.15, 0.2) is 0 Å². The summed E-state index contributed by atoms with van der Waals surface area (Å²) >= 11 is 0. The molecule has 0 aromatic carbocycles. The van der Waals surface area contributed by atoms with Crippen molar-refractivity contribution < 1.29 is 9.26 Å². The third-order valence-electron chi connectivity index (χ3n) is 1.61. The molecule has 3 heteroatoms. The Bertz CT molecular complexity index is 144. The average molecular weight is 162 g/mol. The minimum atomic E-state index is -1.36. The maximum Gasteiger partial charge on any atom is 0.0884 e. The molecule has 0 radical (unpaired) electrons. The Labute approximate surface area is 62.6 Å². The Morgan fingerprint density at radius 1 is 1.70 bits per heavy atom. The van der Waals surface area contributed by atoms with Crippen LogP contribution in [0.3, 0.4) is 0 Å². The van der Waals surface area contributed by atoms with Crippen molar-refractivity contribution in [2.45, 2.75) is 19.4 Å². The number of ether oxygens (including phenoxy) is 1. The van der Waals surface area contributed by atoms with Gasteiger partial charge in [0.1, 0.15) is 0 Å². The minimum Gasteiger partial charge on any atom is -0.369 e. The van der Waals surface area contributed by atoms with Crippen LogP contribution < -0.4 is 0 Å². The summed E-state index contributed by atoms with van der Waals surface area (Å²) in [4.78, 5) is 0. The second-order valence-electron chi connectivity index (χ2n) is 2.92. The van der Waals surface area contributed by atoms with Crippen LogP contribution in [0.25, 0.3) is 0 Å². The highest BCUT2D eigenvalue weighted by Crippen LogP contribution is 2.45. The van der Waals surface area contributed by atoms with Crippen LogP contribution >= 0.6 is 7.11 Å². The Hall–Kier alpha value is 0.220. The van der Waals surface area contributed by atoms with E-state index in [4.69, 9.17) is 9.26 Å². The zero-order valence-corrected chi connectivity index (χ0v) is 7.56. The quantitative estimate of drug-likeness (QED) is 0.547. The summed E-state index contributed by atoms with van der Waals surface area (Å²) in [6.45, 7) is 4.90. The van der Waals surface area contributed by atoms with E-state index in [2.05, 4.69) is 19.9 Å². The molecule has 0 bridgehead atoms. The summed E-state index contributed by atoms with van der Waals surface area (Å²) in [5.74, 6) is 0. The van der Waals surface area contributed by atoms with E-state index in [0.717, 1.165) is 19.4 Å². The molecule has 1 aliphatic heterocycles. The first-order chi connectivity index (χ1) is 4.64.